The first kappa shape index (κ1) is 11.8. The molecule has 0 atom stereocenters. The number of nitrogens with two attached hydrogens (primary N) is 1. The fourth-order valence-corrected chi connectivity index (χ4v) is 1.90. The Morgan fingerprint density at radius 1 is 1.29 bits per heavy atom. The van der Waals surface area contributed by atoms with Crippen molar-refractivity contribution in [3.05, 3.63) is 46.5 Å². The minimum Gasteiger partial charge on any atom is -0.326 e. The van der Waals surface area contributed by atoms with Crippen molar-refractivity contribution in [3.8, 4) is 5.69 Å². The van der Waals surface area contributed by atoms with Crippen LogP contribution in [0.1, 0.15) is 22.5 Å². The molecule has 0 spiro atoms. The maximum atomic E-state index is 13.7. The number of nitrogens with zero attached hydrogens (tertiary/aromatic N) is 2. The van der Waals surface area contributed by atoms with Crippen molar-refractivity contribution in [2.75, 3.05) is 0 Å². The Balaban J connectivity index is 2.68. The maximum Gasteiger partial charge on any atom is 0.129 e. The van der Waals surface area contributed by atoms with Crippen molar-refractivity contribution in [2.24, 2.45) is 5.73 Å². The van der Waals surface area contributed by atoms with Crippen LogP contribution in [0.25, 0.3) is 5.69 Å². The average Bonchev–Trinajstić information content (AvgIpc) is 2.56. The second kappa shape index (κ2) is 4.30. The minimum absolute atomic E-state index is 0.166. The molecule has 0 fully saturated rings. The summed E-state index contributed by atoms with van der Waals surface area (Å²) in [4.78, 5) is 0. The number of hydrogen-bond donors (Lipinski definition) is 1. The molecule has 1 aromatic heterocycles. The zero-order chi connectivity index (χ0) is 12.6. The van der Waals surface area contributed by atoms with Gasteiger partial charge < -0.3 is 5.73 Å². The predicted octanol–water partition coefficient (Wildman–Crippen LogP) is 2.40. The molecule has 4 heteroatoms. The Labute approximate surface area is 100 Å². The first-order valence-corrected chi connectivity index (χ1v) is 5.57. The molecule has 0 radical (unpaired) electrons. The van der Waals surface area contributed by atoms with Crippen LogP contribution in [0, 0.1) is 26.6 Å². The maximum absolute atomic E-state index is 13.7. The van der Waals surface area contributed by atoms with E-state index in [1.165, 1.54) is 6.07 Å². The van der Waals surface area contributed by atoms with Crippen LogP contribution < -0.4 is 5.73 Å². The summed E-state index contributed by atoms with van der Waals surface area (Å²) in [6.07, 6.45) is 0. The SMILES string of the molecule is Cc1nn(-c2cccc(F)c2CN)c(C)c1C. The highest BCUT2D eigenvalue weighted by molar-refractivity contribution is 5.44. The van der Waals surface area contributed by atoms with Gasteiger partial charge in [0, 0.05) is 17.8 Å². The van der Waals surface area contributed by atoms with Crippen LogP contribution in [0.5, 0.6) is 0 Å². The Morgan fingerprint density at radius 2 is 2.00 bits per heavy atom. The number of hydrogen-bond acceptors (Lipinski definition) is 2. The largest absolute Gasteiger partial charge is 0.326 e. The first-order valence-electron chi connectivity index (χ1n) is 5.57. The molecule has 0 aliphatic rings. The molecule has 0 saturated carbocycles. The van der Waals surface area contributed by atoms with Gasteiger partial charge in [0.25, 0.3) is 0 Å². The van der Waals surface area contributed by atoms with Crippen LogP contribution in [0.4, 0.5) is 4.39 Å². The average molecular weight is 233 g/mol. The molecule has 2 aromatic rings. The molecule has 1 heterocycles. The lowest BCUT2D eigenvalue weighted by molar-refractivity contribution is 0.606. The van der Waals surface area contributed by atoms with Crippen LogP contribution in [-0.4, -0.2) is 9.78 Å². The Hall–Kier alpha value is -1.68. The molecular weight excluding hydrogens is 217 g/mol. The van der Waals surface area contributed by atoms with Crippen molar-refractivity contribution in [3.63, 3.8) is 0 Å². The van der Waals surface area contributed by atoms with Gasteiger partial charge in [-0.25, -0.2) is 9.07 Å². The molecule has 90 valence electrons. The van der Waals surface area contributed by atoms with Gasteiger partial charge >= 0.3 is 0 Å². The second-order valence-electron chi connectivity index (χ2n) is 4.15. The van der Waals surface area contributed by atoms with Gasteiger partial charge in [-0.05, 0) is 38.5 Å². The van der Waals surface area contributed by atoms with E-state index in [-0.39, 0.29) is 12.4 Å². The molecule has 0 aliphatic heterocycles. The molecular formula is C13H16FN3. The topological polar surface area (TPSA) is 43.8 Å². The van der Waals surface area contributed by atoms with E-state index >= 15 is 0 Å². The van der Waals surface area contributed by atoms with Crippen LogP contribution in [0.2, 0.25) is 0 Å². The summed E-state index contributed by atoms with van der Waals surface area (Å²) >= 11 is 0. The molecule has 2 rings (SSSR count). The molecule has 0 aliphatic carbocycles. The number of benzene rings is 1. The van der Waals surface area contributed by atoms with E-state index in [0.717, 1.165) is 22.6 Å². The third-order valence-electron chi connectivity index (χ3n) is 3.18. The number of halogens is 1. The van der Waals surface area contributed by atoms with Crippen LogP contribution in [-0.2, 0) is 6.54 Å². The summed E-state index contributed by atoms with van der Waals surface area (Å²) in [5.74, 6) is -0.282. The lowest BCUT2D eigenvalue weighted by Crippen LogP contribution is -2.09. The van der Waals surface area contributed by atoms with Crippen LogP contribution in [0.3, 0.4) is 0 Å². The Bertz CT molecular complexity index is 558. The number of aromatic nitrogens is 2. The van der Waals surface area contributed by atoms with Crippen LogP contribution >= 0.6 is 0 Å². The van der Waals surface area contributed by atoms with Gasteiger partial charge in [0.15, 0.2) is 0 Å². The van der Waals surface area contributed by atoms with Gasteiger partial charge in [-0.1, -0.05) is 6.07 Å². The predicted molar refractivity (Wildman–Crippen MR) is 65.6 cm³/mol. The van der Waals surface area contributed by atoms with Gasteiger partial charge in [0.05, 0.1) is 11.4 Å². The normalized spacial score (nSPS) is 10.9. The molecule has 17 heavy (non-hydrogen) atoms. The van der Waals surface area contributed by atoms with E-state index in [9.17, 15) is 4.39 Å². The van der Waals surface area contributed by atoms with Crippen molar-refractivity contribution in [2.45, 2.75) is 27.3 Å². The summed E-state index contributed by atoms with van der Waals surface area (Å²) in [6, 6.07) is 4.93. The number of rotatable bonds is 2. The van der Waals surface area contributed by atoms with Crippen molar-refractivity contribution < 1.29 is 4.39 Å². The molecule has 0 saturated heterocycles. The van der Waals surface area contributed by atoms with E-state index in [1.807, 2.05) is 26.8 Å². The molecule has 1 aromatic carbocycles. The molecule has 0 bridgehead atoms. The summed E-state index contributed by atoms with van der Waals surface area (Å²) in [5, 5.41) is 4.42. The summed E-state index contributed by atoms with van der Waals surface area (Å²) in [6.45, 7) is 6.09. The zero-order valence-corrected chi connectivity index (χ0v) is 10.3. The smallest absolute Gasteiger partial charge is 0.129 e. The summed E-state index contributed by atoms with van der Waals surface area (Å²) < 4.78 is 15.4. The van der Waals surface area contributed by atoms with E-state index in [0.29, 0.717) is 5.56 Å². The van der Waals surface area contributed by atoms with Gasteiger partial charge in [0.1, 0.15) is 5.82 Å². The molecule has 0 unspecified atom stereocenters. The molecule has 0 amide bonds. The summed E-state index contributed by atoms with van der Waals surface area (Å²) in [5.41, 5.74) is 9.92. The van der Waals surface area contributed by atoms with E-state index in [4.69, 9.17) is 5.73 Å². The highest BCUT2D eigenvalue weighted by Crippen LogP contribution is 2.21. The standard InChI is InChI=1S/C13H16FN3/c1-8-9(2)16-17(10(8)3)13-6-4-5-12(14)11(13)7-15/h4-6H,7,15H2,1-3H3. The van der Waals surface area contributed by atoms with Gasteiger partial charge in [-0.15, -0.1) is 0 Å². The Kier molecular flexibility index (Phi) is 2.98. The van der Waals surface area contributed by atoms with Gasteiger partial charge in [0.2, 0.25) is 0 Å². The van der Waals surface area contributed by atoms with Gasteiger partial charge in [-0.2, -0.15) is 5.10 Å². The third kappa shape index (κ3) is 1.85. The fourth-order valence-electron chi connectivity index (χ4n) is 1.90. The molecule has 3 nitrogen and oxygen atoms in total. The Morgan fingerprint density at radius 3 is 2.53 bits per heavy atom. The van der Waals surface area contributed by atoms with Crippen molar-refractivity contribution in [1.82, 2.24) is 9.78 Å². The van der Waals surface area contributed by atoms with E-state index in [1.54, 1.807) is 10.7 Å². The van der Waals surface area contributed by atoms with Crippen LogP contribution in [0.15, 0.2) is 18.2 Å². The van der Waals surface area contributed by atoms with Crippen molar-refractivity contribution >= 4 is 0 Å². The number of aryl methyl sites for hydroxylation is 1. The molecule has 2 N–H and O–H groups in total. The third-order valence-corrected chi connectivity index (χ3v) is 3.18. The van der Waals surface area contributed by atoms with E-state index < -0.39 is 0 Å². The quantitative estimate of drug-likeness (QED) is 0.865. The highest BCUT2D eigenvalue weighted by Gasteiger charge is 2.13. The first-order chi connectivity index (χ1) is 8.06. The minimum atomic E-state index is -0.282. The second-order valence-corrected chi connectivity index (χ2v) is 4.15. The monoisotopic (exact) mass is 233 g/mol. The fraction of sp³-hybridized carbons (Fsp3) is 0.308. The summed E-state index contributed by atoms with van der Waals surface area (Å²) in [7, 11) is 0. The zero-order valence-electron chi connectivity index (χ0n) is 10.3. The van der Waals surface area contributed by atoms with Gasteiger partial charge in [-0.3, -0.25) is 0 Å². The van der Waals surface area contributed by atoms with E-state index in [2.05, 4.69) is 5.10 Å². The van der Waals surface area contributed by atoms with Crippen molar-refractivity contribution in [1.29, 1.82) is 0 Å². The highest BCUT2D eigenvalue weighted by atomic mass is 19.1. The lowest BCUT2D eigenvalue weighted by Gasteiger charge is -2.10. The lowest BCUT2D eigenvalue weighted by atomic mass is 10.1.